The van der Waals surface area contributed by atoms with Gasteiger partial charge in [0.25, 0.3) is 0 Å². The number of para-hydroxylation sites is 1. The van der Waals surface area contributed by atoms with Crippen LogP contribution in [0.3, 0.4) is 0 Å². The molecule has 0 bridgehead atoms. The van der Waals surface area contributed by atoms with Crippen molar-refractivity contribution in [2.45, 2.75) is 48.9 Å². The van der Waals surface area contributed by atoms with Crippen molar-refractivity contribution in [2.24, 2.45) is 11.7 Å². The predicted molar refractivity (Wildman–Crippen MR) is 83.6 cm³/mol. The molecule has 1 aliphatic rings. The molecule has 1 aromatic carbocycles. The Morgan fingerprint density at radius 2 is 2.16 bits per heavy atom. The summed E-state index contributed by atoms with van der Waals surface area (Å²) in [5, 5.41) is 3.12. The molecule has 3 unspecified atom stereocenters. The van der Waals surface area contributed by atoms with Gasteiger partial charge in [0, 0.05) is 22.2 Å². The molecule has 1 fully saturated rings. The van der Waals surface area contributed by atoms with Gasteiger partial charge in [0.2, 0.25) is 0 Å². The van der Waals surface area contributed by atoms with Crippen molar-refractivity contribution in [1.82, 2.24) is 4.98 Å². The number of rotatable bonds is 3. The standard InChI is InChI=1S/C16H22N2S/c1-2-11-7-8-13(17)15(9-11)19-16-10-12-5-3-4-6-14(12)18-16/h3-6,10-11,13,15,18H,2,7-9,17H2,1H3. The summed E-state index contributed by atoms with van der Waals surface area (Å²) in [6.07, 6.45) is 5.03. The van der Waals surface area contributed by atoms with Crippen molar-refractivity contribution in [3.63, 3.8) is 0 Å². The van der Waals surface area contributed by atoms with Gasteiger partial charge < -0.3 is 10.7 Å². The smallest absolute Gasteiger partial charge is 0.0735 e. The summed E-state index contributed by atoms with van der Waals surface area (Å²) in [5.41, 5.74) is 7.53. The van der Waals surface area contributed by atoms with E-state index in [0.29, 0.717) is 11.3 Å². The van der Waals surface area contributed by atoms with Crippen LogP contribution in [0.15, 0.2) is 35.4 Å². The number of hydrogen-bond donors (Lipinski definition) is 2. The summed E-state index contributed by atoms with van der Waals surface area (Å²) < 4.78 is 0. The van der Waals surface area contributed by atoms with Crippen molar-refractivity contribution in [3.05, 3.63) is 30.3 Å². The van der Waals surface area contributed by atoms with Crippen LogP contribution in [-0.2, 0) is 0 Å². The molecule has 0 amide bonds. The highest BCUT2D eigenvalue weighted by molar-refractivity contribution is 7.99. The Morgan fingerprint density at radius 1 is 1.32 bits per heavy atom. The first-order valence-electron chi connectivity index (χ1n) is 7.26. The average Bonchev–Trinajstić information content (AvgIpc) is 2.83. The fraction of sp³-hybridized carbons (Fsp3) is 0.500. The highest BCUT2D eigenvalue weighted by atomic mass is 32.2. The minimum absolute atomic E-state index is 0.346. The molecule has 102 valence electrons. The molecule has 3 heteroatoms. The zero-order valence-corrected chi connectivity index (χ0v) is 12.2. The molecule has 3 rings (SSSR count). The topological polar surface area (TPSA) is 41.8 Å². The lowest BCUT2D eigenvalue weighted by atomic mass is 9.84. The molecule has 3 atom stereocenters. The third kappa shape index (κ3) is 2.82. The van der Waals surface area contributed by atoms with E-state index in [-0.39, 0.29) is 0 Å². The number of thioether (sulfide) groups is 1. The second-order valence-electron chi connectivity index (χ2n) is 5.63. The van der Waals surface area contributed by atoms with E-state index in [0.717, 1.165) is 5.92 Å². The summed E-state index contributed by atoms with van der Waals surface area (Å²) in [7, 11) is 0. The van der Waals surface area contributed by atoms with Crippen molar-refractivity contribution in [1.29, 1.82) is 0 Å². The Morgan fingerprint density at radius 3 is 2.95 bits per heavy atom. The molecular weight excluding hydrogens is 252 g/mol. The lowest BCUT2D eigenvalue weighted by Gasteiger charge is -2.32. The number of benzene rings is 1. The summed E-state index contributed by atoms with van der Waals surface area (Å²) in [5.74, 6) is 0.863. The second-order valence-corrected chi connectivity index (χ2v) is 6.91. The van der Waals surface area contributed by atoms with E-state index in [2.05, 4.69) is 42.2 Å². The van der Waals surface area contributed by atoms with Crippen molar-refractivity contribution >= 4 is 22.7 Å². The monoisotopic (exact) mass is 274 g/mol. The molecule has 2 aromatic rings. The first-order chi connectivity index (χ1) is 9.26. The van der Waals surface area contributed by atoms with E-state index in [1.807, 2.05) is 11.8 Å². The van der Waals surface area contributed by atoms with Crippen LogP contribution in [0.2, 0.25) is 0 Å². The molecule has 2 nitrogen and oxygen atoms in total. The fourth-order valence-electron chi connectivity index (χ4n) is 3.01. The van der Waals surface area contributed by atoms with Gasteiger partial charge in [-0.05, 0) is 37.3 Å². The maximum absolute atomic E-state index is 6.30. The van der Waals surface area contributed by atoms with E-state index in [1.54, 1.807) is 0 Å². The molecule has 1 heterocycles. The highest BCUT2D eigenvalue weighted by Gasteiger charge is 2.28. The van der Waals surface area contributed by atoms with Gasteiger partial charge in [-0.25, -0.2) is 0 Å². The molecule has 0 radical (unpaired) electrons. The normalized spacial score (nSPS) is 27.8. The number of H-pyrrole nitrogens is 1. The number of aromatic amines is 1. The maximum Gasteiger partial charge on any atom is 0.0735 e. The minimum atomic E-state index is 0.346. The highest BCUT2D eigenvalue weighted by Crippen LogP contribution is 2.37. The SMILES string of the molecule is CCC1CCC(N)C(Sc2cc3ccccc3[nH]2)C1. The van der Waals surface area contributed by atoms with Crippen molar-refractivity contribution in [3.8, 4) is 0 Å². The lowest BCUT2D eigenvalue weighted by molar-refractivity contribution is 0.327. The van der Waals surface area contributed by atoms with Crippen LogP contribution in [-0.4, -0.2) is 16.3 Å². The van der Waals surface area contributed by atoms with Gasteiger partial charge in [-0.2, -0.15) is 0 Å². The van der Waals surface area contributed by atoms with Crippen LogP contribution in [0.4, 0.5) is 0 Å². The van der Waals surface area contributed by atoms with Crippen molar-refractivity contribution in [2.75, 3.05) is 0 Å². The lowest BCUT2D eigenvalue weighted by Crippen LogP contribution is -2.38. The summed E-state index contributed by atoms with van der Waals surface area (Å²) in [6, 6.07) is 11.1. The zero-order chi connectivity index (χ0) is 13.2. The quantitative estimate of drug-likeness (QED) is 0.882. The molecule has 19 heavy (non-hydrogen) atoms. The van der Waals surface area contributed by atoms with Crippen LogP contribution < -0.4 is 5.73 Å². The predicted octanol–water partition coefficient (Wildman–Crippen LogP) is 4.17. The van der Waals surface area contributed by atoms with Crippen molar-refractivity contribution < 1.29 is 0 Å². The Hall–Kier alpha value is -0.930. The summed E-state index contributed by atoms with van der Waals surface area (Å²) >= 11 is 1.94. The van der Waals surface area contributed by atoms with Gasteiger partial charge in [-0.1, -0.05) is 31.5 Å². The van der Waals surface area contributed by atoms with E-state index in [9.17, 15) is 0 Å². The van der Waals surface area contributed by atoms with Crippen LogP contribution in [0.25, 0.3) is 10.9 Å². The molecule has 1 aliphatic carbocycles. The van der Waals surface area contributed by atoms with Gasteiger partial charge in [-0.3, -0.25) is 0 Å². The Balaban J connectivity index is 1.75. The van der Waals surface area contributed by atoms with E-state index < -0.39 is 0 Å². The molecule has 0 aliphatic heterocycles. The van der Waals surface area contributed by atoms with Gasteiger partial charge in [-0.15, -0.1) is 11.8 Å². The molecule has 1 saturated carbocycles. The van der Waals surface area contributed by atoms with Crippen LogP contribution in [0.1, 0.15) is 32.6 Å². The molecule has 0 saturated heterocycles. The first kappa shape index (κ1) is 13.1. The van der Waals surface area contributed by atoms with Gasteiger partial charge in [0.05, 0.1) is 5.03 Å². The summed E-state index contributed by atoms with van der Waals surface area (Å²) in [6.45, 7) is 2.30. The number of aromatic nitrogens is 1. The van der Waals surface area contributed by atoms with Crippen LogP contribution in [0.5, 0.6) is 0 Å². The first-order valence-corrected chi connectivity index (χ1v) is 8.14. The molecular formula is C16H22N2S. The maximum atomic E-state index is 6.30. The number of fused-ring (bicyclic) bond motifs is 1. The largest absolute Gasteiger partial charge is 0.350 e. The van der Waals surface area contributed by atoms with Crippen LogP contribution >= 0.6 is 11.8 Å². The Kier molecular flexibility index (Phi) is 3.85. The average molecular weight is 274 g/mol. The molecule has 1 aromatic heterocycles. The number of hydrogen-bond acceptors (Lipinski definition) is 2. The summed E-state index contributed by atoms with van der Waals surface area (Å²) in [4.78, 5) is 3.50. The van der Waals surface area contributed by atoms with E-state index >= 15 is 0 Å². The van der Waals surface area contributed by atoms with Crippen LogP contribution in [0, 0.1) is 5.92 Å². The fourth-order valence-corrected chi connectivity index (χ4v) is 4.38. The number of nitrogens with one attached hydrogen (secondary N) is 1. The number of nitrogens with two attached hydrogens (primary N) is 1. The zero-order valence-electron chi connectivity index (χ0n) is 11.4. The third-order valence-electron chi connectivity index (χ3n) is 4.31. The Labute approximate surface area is 119 Å². The third-order valence-corrected chi connectivity index (χ3v) is 5.63. The van der Waals surface area contributed by atoms with E-state index in [1.165, 1.54) is 41.6 Å². The van der Waals surface area contributed by atoms with E-state index in [4.69, 9.17) is 5.73 Å². The molecule has 3 N–H and O–H groups in total. The Bertz CT molecular complexity index is 515. The van der Waals surface area contributed by atoms with Gasteiger partial charge in [0.1, 0.15) is 0 Å². The second kappa shape index (κ2) is 5.59. The minimum Gasteiger partial charge on any atom is -0.350 e. The van der Waals surface area contributed by atoms with Gasteiger partial charge in [0.15, 0.2) is 0 Å². The van der Waals surface area contributed by atoms with Gasteiger partial charge >= 0.3 is 0 Å². The molecule has 0 spiro atoms.